The fourth-order valence-corrected chi connectivity index (χ4v) is 2.40. The Bertz CT molecular complexity index is 356. The van der Waals surface area contributed by atoms with Crippen molar-refractivity contribution in [3.05, 3.63) is 34.9 Å². The summed E-state index contributed by atoms with van der Waals surface area (Å²) < 4.78 is 0. The lowest BCUT2D eigenvalue weighted by Crippen LogP contribution is -2.34. The average Bonchev–Trinajstić information content (AvgIpc) is 2.39. The normalized spacial score (nSPS) is 14.8. The molecule has 2 unspecified atom stereocenters. The Morgan fingerprint density at radius 2 is 1.94 bits per heavy atom. The number of halogens is 1. The second kappa shape index (κ2) is 7.78. The topological polar surface area (TPSA) is 23.5 Å². The van der Waals surface area contributed by atoms with E-state index in [0.717, 1.165) is 31.5 Å². The van der Waals surface area contributed by atoms with Crippen LogP contribution in [0.2, 0.25) is 5.02 Å². The predicted octanol–water partition coefficient (Wildman–Crippen LogP) is 3.88. The molecule has 102 valence electrons. The van der Waals surface area contributed by atoms with Gasteiger partial charge in [0.2, 0.25) is 0 Å². The zero-order valence-corrected chi connectivity index (χ0v) is 12.3. The van der Waals surface area contributed by atoms with E-state index in [1.54, 1.807) is 0 Å². The Hall–Kier alpha value is -0.570. The summed E-state index contributed by atoms with van der Waals surface area (Å²) in [6, 6.07) is 8.08. The van der Waals surface area contributed by atoms with Gasteiger partial charge in [0.25, 0.3) is 0 Å². The van der Waals surface area contributed by atoms with E-state index in [4.69, 9.17) is 11.6 Å². The van der Waals surface area contributed by atoms with Gasteiger partial charge in [0.15, 0.2) is 0 Å². The van der Waals surface area contributed by atoms with Crippen LogP contribution in [0.25, 0.3) is 0 Å². The number of hydrogen-bond acceptors (Lipinski definition) is 2. The third kappa shape index (κ3) is 4.27. The van der Waals surface area contributed by atoms with Gasteiger partial charge in [-0.25, -0.2) is 0 Å². The van der Waals surface area contributed by atoms with Crippen LogP contribution in [0.15, 0.2) is 24.3 Å². The van der Waals surface area contributed by atoms with E-state index in [2.05, 4.69) is 25.7 Å². The highest BCUT2D eigenvalue weighted by Crippen LogP contribution is 2.25. The van der Waals surface area contributed by atoms with Crippen LogP contribution in [0.1, 0.15) is 45.3 Å². The molecule has 18 heavy (non-hydrogen) atoms. The summed E-state index contributed by atoms with van der Waals surface area (Å²) in [4.78, 5) is 2.39. The largest absolute Gasteiger partial charge is 0.388 e. The van der Waals surface area contributed by atoms with Crippen LogP contribution in [-0.2, 0) is 0 Å². The molecule has 0 amide bonds. The molecule has 0 saturated carbocycles. The van der Waals surface area contributed by atoms with Crippen molar-refractivity contribution in [3.63, 3.8) is 0 Å². The summed E-state index contributed by atoms with van der Waals surface area (Å²) in [5, 5.41) is 10.8. The standard InChI is InChI=1S/C15H24ClNO/c1-4-12(3)17(5-2)11-10-15(18)13-8-6-7-9-14(13)16/h6-9,12,15,18H,4-5,10-11H2,1-3H3. The first-order valence-electron chi connectivity index (χ1n) is 6.76. The molecule has 1 rings (SSSR count). The van der Waals surface area contributed by atoms with Crippen molar-refractivity contribution in [1.82, 2.24) is 4.90 Å². The van der Waals surface area contributed by atoms with Gasteiger partial charge in [0, 0.05) is 17.6 Å². The molecule has 0 radical (unpaired) electrons. The zero-order chi connectivity index (χ0) is 13.5. The molecule has 2 atom stereocenters. The summed E-state index contributed by atoms with van der Waals surface area (Å²) in [6.45, 7) is 8.50. The Kier molecular flexibility index (Phi) is 6.69. The van der Waals surface area contributed by atoms with Gasteiger partial charge in [0.05, 0.1) is 6.10 Å². The van der Waals surface area contributed by atoms with Gasteiger partial charge in [-0.05, 0) is 37.9 Å². The van der Waals surface area contributed by atoms with E-state index in [1.165, 1.54) is 0 Å². The van der Waals surface area contributed by atoms with Crippen LogP contribution in [0.4, 0.5) is 0 Å². The van der Waals surface area contributed by atoms with E-state index < -0.39 is 6.10 Å². The Morgan fingerprint density at radius 1 is 1.28 bits per heavy atom. The van der Waals surface area contributed by atoms with E-state index in [0.29, 0.717) is 11.1 Å². The maximum atomic E-state index is 10.2. The molecule has 0 aliphatic heterocycles. The molecule has 0 heterocycles. The smallest absolute Gasteiger partial charge is 0.0816 e. The molecule has 3 heteroatoms. The minimum atomic E-state index is -0.475. The number of benzene rings is 1. The van der Waals surface area contributed by atoms with E-state index >= 15 is 0 Å². The third-order valence-corrected chi connectivity index (χ3v) is 3.92. The lowest BCUT2D eigenvalue weighted by molar-refractivity contribution is 0.128. The second-order valence-corrected chi connectivity index (χ2v) is 5.12. The maximum absolute atomic E-state index is 10.2. The quantitative estimate of drug-likeness (QED) is 0.812. The van der Waals surface area contributed by atoms with Crippen LogP contribution in [-0.4, -0.2) is 29.1 Å². The second-order valence-electron chi connectivity index (χ2n) is 4.71. The third-order valence-electron chi connectivity index (χ3n) is 3.57. The molecule has 0 bridgehead atoms. The lowest BCUT2D eigenvalue weighted by atomic mass is 10.1. The van der Waals surface area contributed by atoms with Gasteiger partial charge in [0.1, 0.15) is 0 Å². The first kappa shape index (κ1) is 15.5. The van der Waals surface area contributed by atoms with Crippen molar-refractivity contribution in [2.24, 2.45) is 0 Å². The van der Waals surface area contributed by atoms with Crippen molar-refractivity contribution >= 4 is 11.6 Å². The first-order chi connectivity index (χ1) is 8.60. The van der Waals surface area contributed by atoms with Gasteiger partial charge < -0.3 is 10.0 Å². The minimum Gasteiger partial charge on any atom is -0.388 e. The predicted molar refractivity (Wildman–Crippen MR) is 78.0 cm³/mol. The number of aliphatic hydroxyl groups excluding tert-OH is 1. The maximum Gasteiger partial charge on any atom is 0.0816 e. The van der Waals surface area contributed by atoms with Gasteiger partial charge >= 0.3 is 0 Å². The lowest BCUT2D eigenvalue weighted by Gasteiger charge is -2.28. The fourth-order valence-electron chi connectivity index (χ4n) is 2.14. The van der Waals surface area contributed by atoms with Crippen LogP contribution < -0.4 is 0 Å². The van der Waals surface area contributed by atoms with E-state index in [9.17, 15) is 5.11 Å². The molecule has 1 N–H and O–H groups in total. The SMILES string of the molecule is CCC(C)N(CC)CCC(O)c1ccccc1Cl. The van der Waals surface area contributed by atoms with Gasteiger partial charge in [-0.1, -0.05) is 43.6 Å². The molecule has 0 aliphatic carbocycles. The summed E-state index contributed by atoms with van der Waals surface area (Å²) in [6.07, 6.45) is 1.38. The van der Waals surface area contributed by atoms with Crippen LogP contribution in [0, 0.1) is 0 Å². The molecule has 2 nitrogen and oxygen atoms in total. The average molecular weight is 270 g/mol. The molecule has 1 aromatic rings. The van der Waals surface area contributed by atoms with Gasteiger partial charge in [-0.2, -0.15) is 0 Å². The fraction of sp³-hybridized carbons (Fsp3) is 0.600. The van der Waals surface area contributed by atoms with Crippen molar-refractivity contribution in [3.8, 4) is 0 Å². The zero-order valence-electron chi connectivity index (χ0n) is 11.6. The summed E-state index contributed by atoms with van der Waals surface area (Å²) in [5.74, 6) is 0. The van der Waals surface area contributed by atoms with Crippen LogP contribution >= 0.6 is 11.6 Å². The highest BCUT2D eigenvalue weighted by Gasteiger charge is 2.15. The summed E-state index contributed by atoms with van der Waals surface area (Å²) in [7, 11) is 0. The van der Waals surface area contributed by atoms with Crippen LogP contribution in [0.3, 0.4) is 0 Å². The molecule has 0 fully saturated rings. The molecular weight excluding hydrogens is 246 g/mol. The minimum absolute atomic E-state index is 0.475. The molecule has 1 aromatic carbocycles. The van der Waals surface area contributed by atoms with E-state index in [1.807, 2.05) is 24.3 Å². The monoisotopic (exact) mass is 269 g/mol. The van der Waals surface area contributed by atoms with Crippen molar-refractivity contribution < 1.29 is 5.11 Å². The van der Waals surface area contributed by atoms with Crippen molar-refractivity contribution in [2.45, 2.75) is 45.8 Å². The number of hydrogen-bond donors (Lipinski definition) is 1. The number of aliphatic hydroxyl groups is 1. The Labute approximate surface area is 116 Å². The number of rotatable bonds is 7. The molecular formula is C15H24ClNO. The van der Waals surface area contributed by atoms with Crippen molar-refractivity contribution in [2.75, 3.05) is 13.1 Å². The molecule has 0 saturated heterocycles. The van der Waals surface area contributed by atoms with Gasteiger partial charge in [-0.15, -0.1) is 0 Å². The summed E-state index contributed by atoms with van der Waals surface area (Å²) >= 11 is 6.08. The van der Waals surface area contributed by atoms with Gasteiger partial charge in [-0.3, -0.25) is 0 Å². The highest BCUT2D eigenvalue weighted by atomic mass is 35.5. The van der Waals surface area contributed by atoms with E-state index in [-0.39, 0.29) is 0 Å². The molecule has 0 aliphatic rings. The molecule has 0 spiro atoms. The first-order valence-corrected chi connectivity index (χ1v) is 7.14. The highest BCUT2D eigenvalue weighted by molar-refractivity contribution is 6.31. The summed E-state index contributed by atoms with van der Waals surface area (Å²) in [5.41, 5.74) is 0.833. The van der Waals surface area contributed by atoms with Crippen LogP contribution in [0.5, 0.6) is 0 Å². The van der Waals surface area contributed by atoms with Crippen molar-refractivity contribution in [1.29, 1.82) is 0 Å². The molecule has 0 aromatic heterocycles. The Balaban J connectivity index is 2.55. The Morgan fingerprint density at radius 3 is 2.50 bits per heavy atom. The number of nitrogens with zero attached hydrogens (tertiary/aromatic N) is 1.